The minimum absolute atomic E-state index is 0.409. The third kappa shape index (κ3) is 1.98. The van der Waals surface area contributed by atoms with Crippen LogP contribution in [0.2, 0.25) is 0 Å². The SMILES string of the molecule is CC(C)n1cncc1CNC1(C)CC1. The lowest BCUT2D eigenvalue weighted by atomic mass is 10.3. The molecule has 0 amide bonds. The molecular weight excluding hydrogens is 174 g/mol. The Morgan fingerprint density at radius 1 is 1.57 bits per heavy atom. The van der Waals surface area contributed by atoms with Crippen LogP contribution in [0, 0.1) is 0 Å². The molecule has 0 spiro atoms. The van der Waals surface area contributed by atoms with Crippen LogP contribution in [0.15, 0.2) is 12.5 Å². The fourth-order valence-electron chi connectivity index (χ4n) is 1.60. The predicted octanol–water partition coefficient (Wildman–Crippen LogP) is 2.11. The molecule has 3 heteroatoms. The molecule has 1 N–H and O–H groups in total. The van der Waals surface area contributed by atoms with Crippen molar-refractivity contribution >= 4 is 0 Å². The van der Waals surface area contributed by atoms with Crippen LogP contribution in [0.5, 0.6) is 0 Å². The van der Waals surface area contributed by atoms with E-state index in [-0.39, 0.29) is 0 Å². The van der Waals surface area contributed by atoms with Crippen molar-refractivity contribution in [1.82, 2.24) is 14.9 Å². The highest BCUT2D eigenvalue weighted by Gasteiger charge is 2.36. The number of hydrogen-bond acceptors (Lipinski definition) is 2. The summed E-state index contributed by atoms with van der Waals surface area (Å²) in [5.74, 6) is 0. The molecule has 1 aliphatic rings. The van der Waals surface area contributed by atoms with E-state index in [0.717, 1.165) is 6.54 Å². The zero-order chi connectivity index (χ0) is 10.2. The van der Waals surface area contributed by atoms with Gasteiger partial charge in [-0.15, -0.1) is 0 Å². The van der Waals surface area contributed by atoms with E-state index in [2.05, 4.69) is 35.6 Å². The first-order valence-corrected chi connectivity index (χ1v) is 5.36. The van der Waals surface area contributed by atoms with Crippen molar-refractivity contribution < 1.29 is 0 Å². The molecule has 1 aromatic heterocycles. The maximum absolute atomic E-state index is 4.19. The van der Waals surface area contributed by atoms with Crippen LogP contribution in [0.25, 0.3) is 0 Å². The molecule has 78 valence electrons. The molecular formula is C11H19N3. The molecule has 14 heavy (non-hydrogen) atoms. The van der Waals surface area contributed by atoms with Crippen molar-refractivity contribution in [3.63, 3.8) is 0 Å². The van der Waals surface area contributed by atoms with Crippen LogP contribution in [0.3, 0.4) is 0 Å². The molecule has 1 saturated carbocycles. The number of imidazole rings is 1. The molecule has 0 atom stereocenters. The van der Waals surface area contributed by atoms with Gasteiger partial charge in [0.15, 0.2) is 0 Å². The molecule has 0 unspecified atom stereocenters. The molecule has 0 bridgehead atoms. The Morgan fingerprint density at radius 2 is 2.29 bits per heavy atom. The van der Waals surface area contributed by atoms with Gasteiger partial charge < -0.3 is 9.88 Å². The summed E-state index contributed by atoms with van der Waals surface area (Å²) < 4.78 is 2.22. The smallest absolute Gasteiger partial charge is 0.0951 e. The predicted molar refractivity (Wildman–Crippen MR) is 57.1 cm³/mol. The number of nitrogens with one attached hydrogen (secondary N) is 1. The van der Waals surface area contributed by atoms with Gasteiger partial charge in [0.05, 0.1) is 12.0 Å². The van der Waals surface area contributed by atoms with E-state index < -0.39 is 0 Å². The van der Waals surface area contributed by atoms with E-state index in [1.807, 2.05) is 12.5 Å². The standard InChI is InChI=1S/C11H19N3/c1-9(2)14-8-12-6-10(14)7-13-11(3)4-5-11/h6,8-9,13H,4-5,7H2,1-3H3. The largest absolute Gasteiger partial charge is 0.331 e. The fraction of sp³-hybridized carbons (Fsp3) is 0.727. The van der Waals surface area contributed by atoms with Crippen LogP contribution in [-0.4, -0.2) is 15.1 Å². The number of rotatable bonds is 4. The highest BCUT2D eigenvalue weighted by molar-refractivity contribution is 5.04. The normalized spacial score (nSPS) is 18.9. The summed E-state index contributed by atoms with van der Waals surface area (Å²) in [6.45, 7) is 7.59. The number of hydrogen-bond donors (Lipinski definition) is 1. The molecule has 0 aliphatic heterocycles. The summed E-state index contributed by atoms with van der Waals surface area (Å²) in [4.78, 5) is 4.19. The molecule has 1 aliphatic carbocycles. The first kappa shape index (κ1) is 9.71. The van der Waals surface area contributed by atoms with Gasteiger partial charge in [-0.25, -0.2) is 4.98 Å². The van der Waals surface area contributed by atoms with Gasteiger partial charge in [0, 0.05) is 24.3 Å². The van der Waals surface area contributed by atoms with E-state index in [0.29, 0.717) is 11.6 Å². The zero-order valence-corrected chi connectivity index (χ0v) is 9.25. The number of aromatic nitrogens is 2. The third-order valence-electron chi connectivity index (χ3n) is 3.00. The van der Waals surface area contributed by atoms with Crippen molar-refractivity contribution in [2.45, 2.75) is 51.7 Å². The van der Waals surface area contributed by atoms with E-state index in [9.17, 15) is 0 Å². The molecule has 1 aromatic rings. The first-order chi connectivity index (χ1) is 6.61. The van der Waals surface area contributed by atoms with Gasteiger partial charge in [-0.1, -0.05) is 0 Å². The highest BCUT2D eigenvalue weighted by atomic mass is 15.1. The Balaban J connectivity index is 1.98. The minimum Gasteiger partial charge on any atom is -0.331 e. The van der Waals surface area contributed by atoms with Crippen LogP contribution in [0.1, 0.15) is 45.3 Å². The van der Waals surface area contributed by atoms with Crippen molar-refractivity contribution in [1.29, 1.82) is 0 Å². The Hall–Kier alpha value is -0.830. The van der Waals surface area contributed by atoms with Gasteiger partial charge in [-0.3, -0.25) is 0 Å². The number of nitrogens with zero attached hydrogens (tertiary/aromatic N) is 2. The lowest BCUT2D eigenvalue weighted by Crippen LogP contribution is -2.28. The molecule has 2 rings (SSSR count). The third-order valence-corrected chi connectivity index (χ3v) is 3.00. The van der Waals surface area contributed by atoms with E-state index in [4.69, 9.17) is 0 Å². The van der Waals surface area contributed by atoms with Crippen LogP contribution in [-0.2, 0) is 6.54 Å². The van der Waals surface area contributed by atoms with Crippen LogP contribution >= 0.6 is 0 Å². The molecule has 0 saturated heterocycles. The minimum atomic E-state index is 0.409. The van der Waals surface area contributed by atoms with E-state index in [1.54, 1.807) is 0 Å². The highest BCUT2D eigenvalue weighted by Crippen LogP contribution is 2.34. The summed E-state index contributed by atoms with van der Waals surface area (Å²) in [7, 11) is 0. The van der Waals surface area contributed by atoms with Crippen molar-refractivity contribution in [3.05, 3.63) is 18.2 Å². The second-order valence-corrected chi connectivity index (χ2v) is 4.80. The summed E-state index contributed by atoms with van der Waals surface area (Å²) >= 11 is 0. The summed E-state index contributed by atoms with van der Waals surface area (Å²) in [5.41, 5.74) is 1.69. The topological polar surface area (TPSA) is 29.9 Å². The van der Waals surface area contributed by atoms with Gasteiger partial charge in [-0.05, 0) is 33.6 Å². The summed E-state index contributed by atoms with van der Waals surface area (Å²) in [6.07, 6.45) is 6.49. The zero-order valence-electron chi connectivity index (χ0n) is 9.25. The Labute approximate surface area is 85.5 Å². The maximum Gasteiger partial charge on any atom is 0.0951 e. The molecule has 0 radical (unpaired) electrons. The van der Waals surface area contributed by atoms with E-state index in [1.165, 1.54) is 18.5 Å². The van der Waals surface area contributed by atoms with Gasteiger partial charge in [-0.2, -0.15) is 0 Å². The monoisotopic (exact) mass is 193 g/mol. The van der Waals surface area contributed by atoms with Crippen LogP contribution in [0.4, 0.5) is 0 Å². The Bertz CT molecular complexity index is 310. The Kier molecular flexibility index (Phi) is 2.35. The second-order valence-electron chi connectivity index (χ2n) is 4.80. The lowest BCUT2D eigenvalue weighted by Gasteiger charge is -2.15. The second kappa shape index (κ2) is 3.39. The van der Waals surface area contributed by atoms with Crippen LogP contribution < -0.4 is 5.32 Å². The van der Waals surface area contributed by atoms with Gasteiger partial charge in [0.2, 0.25) is 0 Å². The van der Waals surface area contributed by atoms with Crippen molar-refractivity contribution in [2.24, 2.45) is 0 Å². The molecule has 3 nitrogen and oxygen atoms in total. The van der Waals surface area contributed by atoms with Gasteiger partial charge in [0.1, 0.15) is 0 Å². The quantitative estimate of drug-likeness (QED) is 0.793. The molecule has 0 aromatic carbocycles. The molecule has 1 fully saturated rings. The fourth-order valence-corrected chi connectivity index (χ4v) is 1.60. The first-order valence-electron chi connectivity index (χ1n) is 5.36. The van der Waals surface area contributed by atoms with Gasteiger partial charge >= 0.3 is 0 Å². The Morgan fingerprint density at radius 3 is 2.86 bits per heavy atom. The van der Waals surface area contributed by atoms with E-state index >= 15 is 0 Å². The lowest BCUT2D eigenvalue weighted by molar-refractivity contribution is 0.498. The van der Waals surface area contributed by atoms with Crippen molar-refractivity contribution in [3.8, 4) is 0 Å². The maximum atomic E-state index is 4.19. The van der Waals surface area contributed by atoms with Crippen molar-refractivity contribution in [2.75, 3.05) is 0 Å². The summed E-state index contributed by atoms with van der Waals surface area (Å²) in [5, 5.41) is 3.57. The van der Waals surface area contributed by atoms with Gasteiger partial charge in [0.25, 0.3) is 0 Å². The summed E-state index contributed by atoms with van der Waals surface area (Å²) in [6, 6.07) is 0.501. The molecule has 1 heterocycles. The average molecular weight is 193 g/mol. The average Bonchev–Trinajstić information content (AvgIpc) is 2.68.